The van der Waals surface area contributed by atoms with Crippen molar-refractivity contribution >= 4 is 6.21 Å². The van der Waals surface area contributed by atoms with Crippen LogP contribution in [-0.2, 0) is 0 Å². The molecule has 12 heavy (non-hydrogen) atoms. The van der Waals surface area contributed by atoms with E-state index in [2.05, 4.69) is 24.2 Å². The van der Waals surface area contributed by atoms with Gasteiger partial charge in [0, 0.05) is 14.1 Å². The van der Waals surface area contributed by atoms with Crippen LogP contribution in [0.5, 0.6) is 0 Å². The van der Waals surface area contributed by atoms with Crippen molar-refractivity contribution in [2.45, 2.75) is 6.92 Å². The van der Waals surface area contributed by atoms with E-state index in [1.165, 1.54) is 5.56 Å². The van der Waals surface area contributed by atoms with Crippen LogP contribution in [0.25, 0.3) is 0 Å². The monoisotopic (exact) mass is 162 g/mol. The fourth-order valence-electron chi connectivity index (χ4n) is 0.933. The second-order valence-corrected chi connectivity index (χ2v) is 3.01. The number of hydrogen-bond acceptors (Lipinski definition) is 2. The van der Waals surface area contributed by atoms with E-state index in [1.807, 2.05) is 32.4 Å². The average molecular weight is 162 g/mol. The second kappa shape index (κ2) is 3.90. The summed E-state index contributed by atoms with van der Waals surface area (Å²) in [6, 6.07) is 8.26. The van der Waals surface area contributed by atoms with Crippen molar-refractivity contribution in [3.63, 3.8) is 0 Å². The highest BCUT2D eigenvalue weighted by atomic mass is 15.4. The van der Waals surface area contributed by atoms with Gasteiger partial charge < -0.3 is 5.01 Å². The maximum absolute atomic E-state index is 4.14. The number of nitrogens with zero attached hydrogens (tertiary/aromatic N) is 2. The topological polar surface area (TPSA) is 15.6 Å². The Hall–Kier alpha value is -1.31. The Labute approximate surface area is 73.5 Å². The van der Waals surface area contributed by atoms with Crippen LogP contribution in [0.3, 0.4) is 0 Å². The first-order valence-corrected chi connectivity index (χ1v) is 3.96. The number of aryl methyl sites for hydroxylation is 1. The summed E-state index contributed by atoms with van der Waals surface area (Å²) in [4.78, 5) is 0. The van der Waals surface area contributed by atoms with Crippen molar-refractivity contribution in [3.05, 3.63) is 35.4 Å². The van der Waals surface area contributed by atoms with Gasteiger partial charge in [-0.15, -0.1) is 0 Å². The summed E-state index contributed by atoms with van der Waals surface area (Å²) >= 11 is 0. The van der Waals surface area contributed by atoms with Crippen molar-refractivity contribution in [3.8, 4) is 0 Å². The van der Waals surface area contributed by atoms with Gasteiger partial charge in [-0.05, 0) is 12.5 Å². The molecule has 2 nitrogen and oxygen atoms in total. The van der Waals surface area contributed by atoms with E-state index >= 15 is 0 Å². The third-order valence-corrected chi connectivity index (χ3v) is 1.48. The lowest BCUT2D eigenvalue weighted by atomic mass is 10.2. The van der Waals surface area contributed by atoms with Crippen LogP contribution in [-0.4, -0.2) is 25.3 Å². The van der Waals surface area contributed by atoms with Crippen molar-refractivity contribution < 1.29 is 0 Å². The lowest BCUT2D eigenvalue weighted by Gasteiger charge is -2.02. The van der Waals surface area contributed by atoms with Gasteiger partial charge in [-0.3, -0.25) is 0 Å². The summed E-state index contributed by atoms with van der Waals surface area (Å²) in [6.45, 7) is 2.08. The van der Waals surface area contributed by atoms with Crippen LogP contribution in [0.1, 0.15) is 11.1 Å². The largest absolute Gasteiger partial charge is 0.303 e. The SMILES string of the molecule is Cc1cccc(C=NN(C)C)c1. The molecular weight excluding hydrogens is 148 g/mol. The van der Waals surface area contributed by atoms with Gasteiger partial charge in [0.05, 0.1) is 6.21 Å². The molecule has 0 amide bonds. The van der Waals surface area contributed by atoms with Crippen molar-refractivity contribution in [2.75, 3.05) is 14.1 Å². The predicted molar refractivity (Wildman–Crippen MR) is 52.5 cm³/mol. The molecule has 64 valence electrons. The molecule has 1 rings (SSSR count). The highest BCUT2D eigenvalue weighted by molar-refractivity contribution is 5.79. The molecule has 0 saturated carbocycles. The maximum atomic E-state index is 4.14. The van der Waals surface area contributed by atoms with Crippen LogP contribution in [0, 0.1) is 6.92 Å². The van der Waals surface area contributed by atoms with Crippen LogP contribution in [0.2, 0.25) is 0 Å². The molecule has 0 spiro atoms. The van der Waals surface area contributed by atoms with E-state index in [-0.39, 0.29) is 0 Å². The van der Waals surface area contributed by atoms with Gasteiger partial charge in [-0.1, -0.05) is 29.8 Å². The minimum absolute atomic E-state index is 1.14. The van der Waals surface area contributed by atoms with Crippen LogP contribution in [0.4, 0.5) is 0 Å². The molecule has 0 bridgehead atoms. The van der Waals surface area contributed by atoms with Crippen LogP contribution >= 0.6 is 0 Å². The van der Waals surface area contributed by atoms with E-state index in [4.69, 9.17) is 0 Å². The number of hydrazone groups is 1. The lowest BCUT2D eigenvalue weighted by molar-refractivity contribution is 0.440. The zero-order chi connectivity index (χ0) is 8.97. The Kier molecular flexibility index (Phi) is 2.86. The summed E-state index contributed by atoms with van der Waals surface area (Å²) < 4.78 is 0. The van der Waals surface area contributed by atoms with E-state index in [0.717, 1.165) is 5.56 Å². The first-order chi connectivity index (χ1) is 5.68. The van der Waals surface area contributed by atoms with Crippen molar-refractivity contribution in [1.82, 2.24) is 5.01 Å². The van der Waals surface area contributed by atoms with Crippen LogP contribution < -0.4 is 0 Å². The zero-order valence-electron chi connectivity index (χ0n) is 7.78. The average Bonchev–Trinajstić information content (AvgIpc) is 2.01. The smallest absolute Gasteiger partial charge is 0.0542 e. The minimum Gasteiger partial charge on any atom is -0.303 e. The fourth-order valence-corrected chi connectivity index (χ4v) is 0.933. The molecule has 2 heteroatoms. The molecule has 1 aromatic rings. The molecule has 0 atom stereocenters. The molecule has 0 aliphatic rings. The summed E-state index contributed by atoms with van der Waals surface area (Å²) in [5.41, 5.74) is 2.40. The number of hydrogen-bond donors (Lipinski definition) is 0. The highest BCUT2D eigenvalue weighted by Gasteiger charge is 1.87. The van der Waals surface area contributed by atoms with E-state index < -0.39 is 0 Å². The fraction of sp³-hybridized carbons (Fsp3) is 0.300. The summed E-state index contributed by atoms with van der Waals surface area (Å²) in [5.74, 6) is 0. The number of benzene rings is 1. The minimum atomic E-state index is 1.14. The summed E-state index contributed by atoms with van der Waals surface area (Å²) in [6.07, 6.45) is 1.85. The third kappa shape index (κ3) is 2.74. The maximum Gasteiger partial charge on any atom is 0.0542 e. The molecule has 0 radical (unpaired) electrons. The van der Waals surface area contributed by atoms with Gasteiger partial charge in [0.2, 0.25) is 0 Å². The zero-order valence-corrected chi connectivity index (χ0v) is 7.78. The van der Waals surface area contributed by atoms with Gasteiger partial charge in [0.25, 0.3) is 0 Å². The summed E-state index contributed by atoms with van der Waals surface area (Å²) in [7, 11) is 3.82. The highest BCUT2D eigenvalue weighted by Crippen LogP contribution is 2.00. The Bertz CT molecular complexity index is 277. The Morgan fingerprint density at radius 3 is 2.67 bits per heavy atom. The van der Waals surface area contributed by atoms with Gasteiger partial charge in [-0.25, -0.2) is 0 Å². The first-order valence-electron chi connectivity index (χ1n) is 3.96. The van der Waals surface area contributed by atoms with E-state index in [1.54, 1.807) is 5.01 Å². The van der Waals surface area contributed by atoms with Gasteiger partial charge >= 0.3 is 0 Å². The quantitative estimate of drug-likeness (QED) is 0.479. The molecule has 0 N–H and O–H groups in total. The van der Waals surface area contributed by atoms with Crippen molar-refractivity contribution in [1.29, 1.82) is 0 Å². The van der Waals surface area contributed by atoms with Crippen molar-refractivity contribution in [2.24, 2.45) is 5.10 Å². The predicted octanol–water partition coefficient (Wildman–Crippen LogP) is 1.89. The van der Waals surface area contributed by atoms with Gasteiger partial charge in [-0.2, -0.15) is 5.10 Å². The molecule has 0 heterocycles. The van der Waals surface area contributed by atoms with E-state index in [9.17, 15) is 0 Å². The number of rotatable bonds is 2. The summed E-state index contributed by atoms with van der Waals surface area (Å²) in [5, 5.41) is 5.92. The normalized spacial score (nSPS) is 10.6. The molecule has 0 aromatic heterocycles. The Morgan fingerprint density at radius 1 is 1.33 bits per heavy atom. The molecule has 0 saturated heterocycles. The molecule has 0 fully saturated rings. The Morgan fingerprint density at radius 2 is 2.08 bits per heavy atom. The first kappa shape index (κ1) is 8.78. The standard InChI is InChI=1S/C10H14N2/c1-9-5-4-6-10(7-9)8-11-12(2)3/h4-8H,1-3H3. The van der Waals surface area contributed by atoms with E-state index in [0.29, 0.717) is 0 Å². The Balaban J connectivity index is 2.76. The van der Waals surface area contributed by atoms with Gasteiger partial charge in [0.1, 0.15) is 0 Å². The van der Waals surface area contributed by atoms with Gasteiger partial charge in [0.15, 0.2) is 0 Å². The molecule has 1 aromatic carbocycles. The molecule has 0 aliphatic carbocycles. The third-order valence-electron chi connectivity index (χ3n) is 1.48. The molecular formula is C10H14N2. The molecule has 0 unspecified atom stereocenters. The second-order valence-electron chi connectivity index (χ2n) is 3.01. The molecule has 0 aliphatic heterocycles. The lowest BCUT2D eigenvalue weighted by Crippen LogP contribution is -2.01. The van der Waals surface area contributed by atoms with Crippen LogP contribution in [0.15, 0.2) is 29.4 Å².